The first-order valence-electron chi connectivity index (χ1n) is 7.85. The normalized spacial score (nSPS) is 10.3. The number of ketones is 1. The minimum Gasteiger partial charge on any atom is -0.497 e. The zero-order valence-corrected chi connectivity index (χ0v) is 14.8. The van der Waals surface area contributed by atoms with Gasteiger partial charge in [-0.3, -0.25) is 9.59 Å². The second-order valence-electron chi connectivity index (χ2n) is 5.55. The summed E-state index contributed by atoms with van der Waals surface area (Å²) in [6.45, 7) is 0. The van der Waals surface area contributed by atoms with Gasteiger partial charge in [-0.15, -0.1) is 16.2 Å². The molecule has 0 radical (unpaired) electrons. The lowest BCUT2D eigenvalue weighted by Gasteiger charge is -2.02. The number of hydrogen-bond donors (Lipinski definition) is 0. The molecule has 0 aliphatic carbocycles. The van der Waals surface area contributed by atoms with Gasteiger partial charge in [0.05, 0.1) is 18.4 Å². The second-order valence-corrected chi connectivity index (χ2v) is 6.61. The fourth-order valence-electron chi connectivity index (χ4n) is 2.61. The molecule has 5 nitrogen and oxygen atoms in total. The largest absolute Gasteiger partial charge is 0.497 e. The minimum atomic E-state index is -0.764. The molecule has 0 fully saturated rings. The Hall–Kier alpha value is -3.12. The van der Waals surface area contributed by atoms with Crippen LogP contribution >= 0.6 is 11.3 Å². The maximum atomic E-state index is 12.9. The number of nitroso groups, excluding NO2 is 1. The molecule has 1 aromatic heterocycles. The Labute approximate surface area is 154 Å². The van der Waals surface area contributed by atoms with E-state index in [0.717, 1.165) is 10.4 Å². The van der Waals surface area contributed by atoms with Crippen molar-refractivity contribution in [1.29, 1.82) is 0 Å². The van der Waals surface area contributed by atoms with Crippen molar-refractivity contribution in [3.05, 3.63) is 81.6 Å². The molecule has 2 aromatic carbocycles. The standard InChI is InChI=1S/C20H15NO4S/c1-25-16-9-5-8-14(10-16)19(23)17-11-15(12-18(22)21-24)20(26-17)13-6-3-2-4-7-13/h2-11H,12H2,1H3. The number of nitrogens with zero attached hydrogens (tertiary/aromatic N) is 1. The van der Waals surface area contributed by atoms with Crippen LogP contribution in [-0.2, 0) is 11.2 Å². The number of carbonyl (C=O) groups excluding carboxylic acids is 2. The summed E-state index contributed by atoms with van der Waals surface area (Å²) < 4.78 is 5.17. The van der Waals surface area contributed by atoms with E-state index in [1.807, 2.05) is 30.3 Å². The minimum absolute atomic E-state index is 0.129. The first-order chi connectivity index (χ1) is 12.6. The molecule has 130 valence electrons. The Kier molecular flexibility index (Phi) is 5.34. The van der Waals surface area contributed by atoms with Crippen LogP contribution < -0.4 is 4.74 Å². The molecule has 0 saturated carbocycles. The van der Waals surface area contributed by atoms with E-state index in [2.05, 4.69) is 5.18 Å². The Morgan fingerprint density at radius 1 is 1.04 bits per heavy atom. The third-order valence-corrected chi connectivity index (χ3v) is 5.07. The SMILES string of the molecule is COc1cccc(C(=O)c2cc(CC(=O)N=O)c(-c3ccccc3)s2)c1. The number of thiophene rings is 1. The van der Waals surface area contributed by atoms with E-state index in [4.69, 9.17) is 4.74 Å². The van der Waals surface area contributed by atoms with Gasteiger partial charge < -0.3 is 4.74 Å². The summed E-state index contributed by atoms with van der Waals surface area (Å²) in [5.41, 5.74) is 2.00. The molecule has 0 bridgehead atoms. The van der Waals surface area contributed by atoms with Crippen LogP contribution in [-0.4, -0.2) is 18.8 Å². The third-order valence-electron chi connectivity index (χ3n) is 3.84. The molecule has 1 heterocycles. The topological polar surface area (TPSA) is 72.8 Å². The van der Waals surface area contributed by atoms with Crippen LogP contribution in [0.5, 0.6) is 5.75 Å². The van der Waals surface area contributed by atoms with Gasteiger partial charge in [0.2, 0.25) is 5.78 Å². The summed E-state index contributed by atoms with van der Waals surface area (Å²) in [7, 11) is 1.54. The number of amides is 1. The molecule has 6 heteroatoms. The fraction of sp³-hybridized carbons (Fsp3) is 0.100. The van der Waals surface area contributed by atoms with Crippen LogP contribution in [0, 0.1) is 4.91 Å². The molecule has 0 aliphatic rings. The lowest BCUT2D eigenvalue weighted by Crippen LogP contribution is -2.00. The van der Waals surface area contributed by atoms with Crippen molar-refractivity contribution >= 4 is 23.0 Å². The van der Waals surface area contributed by atoms with Crippen molar-refractivity contribution in [3.63, 3.8) is 0 Å². The molecule has 0 saturated heterocycles. The number of benzene rings is 2. The molecular weight excluding hydrogens is 350 g/mol. The smallest absolute Gasteiger partial charge is 0.290 e. The highest BCUT2D eigenvalue weighted by molar-refractivity contribution is 7.17. The second kappa shape index (κ2) is 7.84. The van der Waals surface area contributed by atoms with Gasteiger partial charge in [-0.1, -0.05) is 42.5 Å². The van der Waals surface area contributed by atoms with Crippen LogP contribution in [0.25, 0.3) is 10.4 Å². The van der Waals surface area contributed by atoms with Crippen molar-refractivity contribution in [1.82, 2.24) is 0 Å². The molecule has 3 rings (SSSR count). The van der Waals surface area contributed by atoms with Crippen LogP contribution in [0.4, 0.5) is 0 Å². The maximum Gasteiger partial charge on any atom is 0.290 e. The Morgan fingerprint density at radius 3 is 2.50 bits per heavy atom. The monoisotopic (exact) mass is 365 g/mol. The predicted octanol–water partition coefficient (Wildman–Crippen LogP) is 4.49. The van der Waals surface area contributed by atoms with E-state index in [1.54, 1.807) is 37.4 Å². The lowest BCUT2D eigenvalue weighted by molar-refractivity contribution is -0.117. The summed E-state index contributed by atoms with van der Waals surface area (Å²) >= 11 is 1.30. The van der Waals surface area contributed by atoms with Crippen molar-refractivity contribution < 1.29 is 14.3 Å². The van der Waals surface area contributed by atoms with Gasteiger partial charge in [0, 0.05) is 15.6 Å². The molecular formula is C20H15NO4S. The predicted molar refractivity (Wildman–Crippen MR) is 101 cm³/mol. The first kappa shape index (κ1) is 17.7. The van der Waals surface area contributed by atoms with Crippen molar-refractivity contribution in [3.8, 4) is 16.2 Å². The van der Waals surface area contributed by atoms with Crippen molar-refractivity contribution in [2.24, 2.45) is 5.18 Å². The molecule has 26 heavy (non-hydrogen) atoms. The molecule has 3 aromatic rings. The van der Waals surface area contributed by atoms with Crippen molar-refractivity contribution in [2.45, 2.75) is 6.42 Å². The van der Waals surface area contributed by atoms with Gasteiger partial charge in [0.1, 0.15) is 5.75 Å². The number of hydrogen-bond acceptors (Lipinski definition) is 5. The van der Waals surface area contributed by atoms with E-state index >= 15 is 0 Å². The van der Waals surface area contributed by atoms with Gasteiger partial charge in [-0.05, 0) is 29.3 Å². The number of rotatable bonds is 6. The van der Waals surface area contributed by atoms with Crippen LogP contribution in [0.15, 0.2) is 65.8 Å². The average molecular weight is 365 g/mol. The molecule has 0 spiro atoms. The van der Waals surface area contributed by atoms with E-state index in [-0.39, 0.29) is 12.2 Å². The molecule has 1 amide bonds. The highest BCUT2D eigenvalue weighted by Gasteiger charge is 2.19. The highest BCUT2D eigenvalue weighted by atomic mass is 32.1. The van der Waals surface area contributed by atoms with E-state index < -0.39 is 5.91 Å². The number of methoxy groups -OCH3 is 1. The highest BCUT2D eigenvalue weighted by Crippen LogP contribution is 2.34. The summed E-state index contributed by atoms with van der Waals surface area (Å²) in [5, 5.41) is 2.47. The Morgan fingerprint density at radius 2 is 1.81 bits per heavy atom. The number of ether oxygens (including phenoxy) is 1. The summed E-state index contributed by atoms with van der Waals surface area (Å²) in [5.74, 6) is -0.333. The maximum absolute atomic E-state index is 12.9. The Balaban J connectivity index is 2.03. The first-order valence-corrected chi connectivity index (χ1v) is 8.67. The van der Waals surface area contributed by atoms with Crippen LogP contribution in [0.1, 0.15) is 20.8 Å². The molecule has 0 N–H and O–H groups in total. The van der Waals surface area contributed by atoms with Crippen molar-refractivity contribution in [2.75, 3.05) is 7.11 Å². The third kappa shape index (κ3) is 3.75. The van der Waals surface area contributed by atoms with Gasteiger partial charge in [0.25, 0.3) is 5.91 Å². The van der Waals surface area contributed by atoms with E-state index in [1.165, 1.54) is 11.3 Å². The van der Waals surface area contributed by atoms with Gasteiger partial charge in [-0.2, -0.15) is 0 Å². The summed E-state index contributed by atoms with van der Waals surface area (Å²) in [6.07, 6.45) is -0.129. The average Bonchev–Trinajstić information content (AvgIpc) is 3.11. The zero-order valence-electron chi connectivity index (χ0n) is 14.0. The van der Waals surface area contributed by atoms with Gasteiger partial charge in [-0.25, -0.2) is 0 Å². The molecule has 0 atom stereocenters. The van der Waals surface area contributed by atoms with Gasteiger partial charge >= 0.3 is 0 Å². The molecule has 0 unspecified atom stereocenters. The quantitative estimate of drug-likeness (QED) is 0.476. The fourth-order valence-corrected chi connectivity index (χ4v) is 3.76. The van der Waals surface area contributed by atoms with E-state index in [9.17, 15) is 14.5 Å². The number of carbonyl (C=O) groups is 2. The molecule has 0 aliphatic heterocycles. The summed E-state index contributed by atoms with van der Waals surface area (Å²) in [4.78, 5) is 36.2. The van der Waals surface area contributed by atoms with Crippen LogP contribution in [0.3, 0.4) is 0 Å². The van der Waals surface area contributed by atoms with Gasteiger partial charge in [0.15, 0.2) is 0 Å². The summed E-state index contributed by atoms with van der Waals surface area (Å²) in [6, 6.07) is 18.0. The van der Waals surface area contributed by atoms with Crippen LogP contribution in [0.2, 0.25) is 0 Å². The lowest BCUT2D eigenvalue weighted by atomic mass is 10.0. The van der Waals surface area contributed by atoms with E-state index in [0.29, 0.717) is 21.8 Å². The Bertz CT molecular complexity index is 963. The zero-order chi connectivity index (χ0) is 18.5.